The quantitative estimate of drug-likeness (QED) is 0.868. The van der Waals surface area contributed by atoms with Crippen LogP contribution in [0.25, 0.3) is 0 Å². The molecule has 0 amide bonds. The molecule has 1 N–H and O–H groups in total. The van der Waals surface area contributed by atoms with E-state index in [0.717, 1.165) is 11.6 Å². The van der Waals surface area contributed by atoms with Gasteiger partial charge in [-0.2, -0.15) is 0 Å². The van der Waals surface area contributed by atoms with Crippen LogP contribution >= 0.6 is 11.3 Å². The van der Waals surface area contributed by atoms with Crippen molar-refractivity contribution in [2.45, 2.75) is 52.2 Å². The zero-order valence-corrected chi connectivity index (χ0v) is 13.9. The van der Waals surface area contributed by atoms with Crippen molar-refractivity contribution in [3.05, 3.63) is 5.01 Å². The standard InChI is InChI=1S/C13H26N4OS/c1-12(2,3)14-8-10-15-16-11(19-10)18-9-13(4,5)17(6)7/h14H,8-9H2,1-7H3. The molecule has 0 fully saturated rings. The molecule has 1 heterocycles. The van der Waals surface area contributed by atoms with Crippen LogP contribution in [0, 0.1) is 0 Å². The fraction of sp³-hybridized carbons (Fsp3) is 0.846. The Morgan fingerprint density at radius 3 is 2.32 bits per heavy atom. The number of rotatable bonds is 6. The highest BCUT2D eigenvalue weighted by Crippen LogP contribution is 2.20. The molecule has 110 valence electrons. The number of hydrogen-bond acceptors (Lipinski definition) is 6. The summed E-state index contributed by atoms with van der Waals surface area (Å²) in [6.45, 7) is 12.0. The first-order valence-electron chi connectivity index (χ1n) is 6.48. The van der Waals surface area contributed by atoms with Gasteiger partial charge < -0.3 is 15.0 Å². The summed E-state index contributed by atoms with van der Waals surface area (Å²) in [4.78, 5) is 2.14. The molecule has 0 aliphatic carbocycles. The molecule has 0 radical (unpaired) electrons. The third-order valence-electron chi connectivity index (χ3n) is 2.98. The fourth-order valence-corrected chi connectivity index (χ4v) is 1.70. The van der Waals surface area contributed by atoms with Crippen molar-refractivity contribution >= 4 is 11.3 Å². The van der Waals surface area contributed by atoms with Gasteiger partial charge in [0.05, 0.1) is 6.54 Å². The van der Waals surface area contributed by atoms with Crippen molar-refractivity contribution in [3.8, 4) is 5.19 Å². The average Bonchev–Trinajstić information content (AvgIpc) is 2.70. The average molecular weight is 286 g/mol. The molecule has 0 aliphatic heterocycles. The molecule has 0 bridgehead atoms. The smallest absolute Gasteiger partial charge is 0.294 e. The van der Waals surface area contributed by atoms with E-state index in [4.69, 9.17) is 4.74 Å². The van der Waals surface area contributed by atoms with Crippen molar-refractivity contribution in [3.63, 3.8) is 0 Å². The van der Waals surface area contributed by atoms with Crippen LogP contribution in [-0.2, 0) is 6.54 Å². The summed E-state index contributed by atoms with van der Waals surface area (Å²) in [6.07, 6.45) is 0. The Morgan fingerprint density at radius 2 is 1.79 bits per heavy atom. The highest BCUT2D eigenvalue weighted by molar-refractivity contribution is 7.13. The second-order valence-electron chi connectivity index (χ2n) is 6.56. The first kappa shape index (κ1) is 16.3. The van der Waals surface area contributed by atoms with Crippen LogP contribution in [0.5, 0.6) is 5.19 Å². The minimum atomic E-state index is -0.0184. The third-order valence-corrected chi connectivity index (χ3v) is 3.81. The van der Waals surface area contributed by atoms with Gasteiger partial charge in [-0.1, -0.05) is 11.3 Å². The zero-order chi connectivity index (χ0) is 14.7. The van der Waals surface area contributed by atoms with E-state index in [0.29, 0.717) is 11.8 Å². The van der Waals surface area contributed by atoms with Crippen LogP contribution in [0.1, 0.15) is 39.6 Å². The van der Waals surface area contributed by atoms with Crippen LogP contribution in [-0.4, -0.2) is 46.9 Å². The van der Waals surface area contributed by atoms with Gasteiger partial charge in [-0.3, -0.25) is 0 Å². The lowest BCUT2D eigenvalue weighted by Crippen LogP contribution is -2.43. The van der Waals surface area contributed by atoms with Gasteiger partial charge in [0, 0.05) is 11.1 Å². The summed E-state index contributed by atoms with van der Waals surface area (Å²) >= 11 is 1.50. The summed E-state index contributed by atoms with van der Waals surface area (Å²) in [5, 5.41) is 13.2. The molecule has 0 saturated heterocycles. The van der Waals surface area contributed by atoms with Crippen molar-refractivity contribution in [1.29, 1.82) is 0 Å². The molecule has 0 aliphatic rings. The molecule has 1 rings (SSSR count). The van der Waals surface area contributed by atoms with E-state index >= 15 is 0 Å². The van der Waals surface area contributed by atoms with E-state index in [-0.39, 0.29) is 11.1 Å². The van der Waals surface area contributed by atoms with Gasteiger partial charge in [0.15, 0.2) is 0 Å². The lowest BCUT2D eigenvalue weighted by atomic mass is 10.1. The Morgan fingerprint density at radius 1 is 1.16 bits per heavy atom. The van der Waals surface area contributed by atoms with E-state index in [1.165, 1.54) is 11.3 Å². The number of aromatic nitrogens is 2. The Labute approximate surface area is 120 Å². The maximum Gasteiger partial charge on any atom is 0.294 e. The van der Waals surface area contributed by atoms with Crippen LogP contribution < -0.4 is 10.1 Å². The summed E-state index contributed by atoms with van der Waals surface area (Å²) in [6, 6.07) is 0. The SMILES string of the molecule is CN(C)C(C)(C)COc1nnc(CNC(C)(C)C)s1. The van der Waals surface area contributed by atoms with Gasteiger partial charge in [-0.05, 0) is 48.7 Å². The minimum Gasteiger partial charge on any atom is -0.467 e. The van der Waals surface area contributed by atoms with Gasteiger partial charge >= 0.3 is 0 Å². The molecule has 19 heavy (non-hydrogen) atoms. The molecule has 6 heteroatoms. The molecule has 0 saturated carbocycles. The molecule has 0 aromatic carbocycles. The molecule has 0 spiro atoms. The van der Waals surface area contributed by atoms with Gasteiger partial charge in [0.1, 0.15) is 11.6 Å². The molecule has 1 aromatic heterocycles. The zero-order valence-electron chi connectivity index (χ0n) is 13.1. The molecule has 5 nitrogen and oxygen atoms in total. The van der Waals surface area contributed by atoms with Crippen LogP contribution in [0.4, 0.5) is 0 Å². The van der Waals surface area contributed by atoms with Gasteiger partial charge in [-0.25, -0.2) is 0 Å². The second-order valence-corrected chi connectivity index (χ2v) is 7.59. The highest BCUT2D eigenvalue weighted by atomic mass is 32.1. The van der Waals surface area contributed by atoms with Crippen molar-refractivity contribution in [2.75, 3.05) is 20.7 Å². The van der Waals surface area contributed by atoms with E-state index in [1.807, 2.05) is 14.1 Å². The molecular weight excluding hydrogens is 260 g/mol. The van der Waals surface area contributed by atoms with Crippen molar-refractivity contribution < 1.29 is 4.74 Å². The summed E-state index contributed by atoms with van der Waals surface area (Å²) < 4.78 is 5.72. The van der Waals surface area contributed by atoms with Gasteiger partial charge in [0.25, 0.3) is 5.19 Å². The maximum atomic E-state index is 5.72. The number of hydrogen-bond donors (Lipinski definition) is 1. The summed E-state index contributed by atoms with van der Waals surface area (Å²) in [7, 11) is 4.09. The highest BCUT2D eigenvalue weighted by Gasteiger charge is 2.22. The van der Waals surface area contributed by atoms with Crippen molar-refractivity contribution in [1.82, 2.24) is 20.4 Å². The first-order valence-corrected chi connectivity index (χ1v) is 7.29. The summed E-state index contributed by atoms with van der Waals surface area (Å²) in [5.41, 5.74) is 0.0646. The maximum absolute atomic E-state index is 5.72. The Bertz CT molecular complexity index is 396. The first-order chi connectivity index (χ1) is 8.60. The van der Waals surface area contributed by atoms with Crippen LogP contribution in [0.15, 0.2) is 0 Å². The van der Waals surface area contributed by atoms with Gasteiger partial charge in [-0.15, -0.1) is 10.2 Å². The molecule has 0 atom stereocenters. The number of likely N-dealkylation sites (N-methyl/N-ethyl adjacent to an activating group) is 1. The van der Waals surface area contributed by atoms with Crippen LogP contribution in [0.2, 0.25) is 0 Å². The van der Waals surface area contributed by atoms with E-state index in [9.17, 15) is 0 Å². The second kappa shape index (κ2) is 6.15. The largest absolute Gasteiger partial charge is 0.467 e. The predicted molar refractivity (Wildman–Crippen MR) is 79.8 cm³/mol. The number of nitrogens with one attached hydrogen (secondary N) is 1. The van der Waals surface area contributed by atoms with E-state index in [1.54, 1.807) is 0 Å². The Balaban J connectivity index is 2.47. The van der Waals surface area contributed by atoms with E-state index in [2.05, 4.69) is 55.0 Å². The predicted octanol–water partition coefficient (Wildman–Crippen LogP) is 2.15. The third kappa shape index (κ3) is 5.84. The minimum absolute atomic E-state index is 0.0184. The van der Waals surface area contributed by atoms with Crippen LogP contribution in [0.3, 0.4) is 0 Å². The normalized spacial score (nSPS) is 13.1. The molecule has 0 unspecified atom stereocenters. The van der Waals surface area contributed by atoms with Crippen molar-refractivity contribution in [2.24, 2.45) is 0 Å². The Hall–Kier alpha value is -0.720. The molecular formula is C13H26N4OS. The number of nitrogens with zero attached hydrogens (tertiary/aromatic N) is 3. The fourth-order valence-electron chi connectivity index (χ4n) is 1.08. The topological polar surface area (TPSA) is 50.3 Å². The Kier molecular flexibility index (Phi) is 5.29. The lowest BCUT2D eigenvalue weighted by Gasteiger charge is -2.31. The van der Waals surface area contributed by atoms with Gasteiger partial charge in [0.2, 0.25) is 0 Å². The lowest BCUT2D eigenvalue weighted by molar-refractivity contribution is 0.113. The monoisotopic (exact) mass is 286 g/mol. The number of ether oxygens (including phenoxy) is 1. The van der Waals surface area contributed by atoms with E-state index < -0.39 is 0 Å². The molecule has 1 aromatic rings. The summed E-state index contributed by atoms with van der Waals surface area (Å²) in [5.74, 6) is 0.